The third kappa shape index (κ3) is 2.87. The summed E-state index contributed by atoms with van der Waals surface area (Å²) in [5.74, 6) is 0. The van der Waals surface area contributed by atoms with Gasteiger partial charge in [0.1, 0.15) is 5.01 Å². The van der Waals surface area contributed by atoms with E-state index in [1.54, 1.807) is 11.3 Å². The van der Waals surface area contributed by atoms with E-state index in [9.17, 15) is 0 Å². The number of rotatable bonds is 3. The Morgan fingerprint density at radius 3 is 3.06 bits per heavy atom. The van der Waals surface area contributed by atoms with Crippen LogP contribution >= 0.6 is 11.3 Å². The fourth-order valence-corrected chi connectivity index (χ4v) is 3.23. The molecule has 0 spiro atoms. The monoisotopic (exact) mass is 253 g/mol. The summed E-state index contributed by atoms with van der Waals surface area (Å²) in [7, 11) is 0. The molecule has 96 valence electrons. The van der Waals surface area contributed by atoms with Crippen LogP contribution in [-0.2, 0) is 5.54 Å². The number of hydrogen-bond acceptors (Lipinski definition) is 4. The van der Waals surface area contributed by atoms with Gasteiger partial charge >= 0.3 is 0 Å². The molecular formula is C13H23N3S. The molecule has 1 aromatic rings. The second-order valence-corrected chi connectivity index (χ2v) is 6.15. The highest BCUT2D eigenvalue weighted by atomic mass is 32.1. The van der Waals surface area contributed by atoms with Crippen molar-refractivity contribution in [1.82, 2.24) is 15.2 Å². The number of nitrogens with zero attached hydrogens (tertiary/aromatic N) is 2. The Balaban J connectivity index is 2.14. The molecule has 2 heterocycles. The first-order chi connectivity index (χ1) is 8.14. The molecule has 4 heteroatoms. The van der Waals surface area contributed by atoms with E-state index in [1.165, 1.54) is 17.8 Å². The van der Waals surface area contributed by atoms with E-state index in [4.69, 9.17) is 0 Å². The van der Waals surface area contributed by atoms with Crippen molar-refractivity contribution in [3.63, 3.8) is 0 Å². The molecular weight excluding hydrogens is 230 g/mol. The molecule has 3 nitrogen and oxygen atoms in total. The van der Waals surface area contributed by atoms with E-state index in [0.29, 0.717) is 6.04 Å². The van der Waals surface area contributed by atoms with Gasteiger partial charge in [0, 0.05) is 30.7 Å². The minimum absolute atomic E-state index is 0.0631. The van der Waals surface area contributed by atoms with Gasteiger partial charge in [0.15, 0.2) is 0 Å². The molecule has 0 aromatic carbocycles. The van der Waals surface area contributed by atoms with Crippen LogP contribution in [0.1, 0.15) is 38.6 Å². The first kappa shape index (κ1) is 13.0. The van der Waals surface area contributed by atoms with Crippen LogP contribution in [0.5, 0.6) is 0 Å². The number of nitrogens with one attached hydrogen (secondary N) is 1. The van der Waals surface area contributed by atoms with Gasteiger partial charge in [-0.15, -0.1) is 11.3 Å². The molecule has 1 N–H and O–H groups in total. The van der Waals surface area contributed by atoms with Crippen molar-refractivity contribution in [3.05, 3.63) is 16.6 Å². The molecule has 0 saturated carbocycles. The maximum Gasteiger partial charge on any atom is 0.112 e. The van der Waals surface area contributed by atoms with Crippen molar-refractivity contribution in [2.75, 3.05) is 19.6 Å². The van der Waals surface area contributed by atoms with Gasteiger partial charge < -0.3 is 5.32 Å². The van der Waals surface area contributed by atoms with Crippen molar-refractivity contribution in [2.45, 2.75) is 45.2 Å². The first-order valence-electron chi connectivity index (χ1n) is 6.53. The molecule has 1 aliphatic rings. The lowest BCUT2D eigenvalue weighted by atomic mass is 10.0. The van der Waals surface area contributed by atoms with E-state index in [2.05, 4.69) is 41.4 Å². The minimum Gasteiger partial charge on any atom is -0.313 e. The van der Waals surface area contributed by atoms with Gasteiger partial charge in [0.2, 0.25) is 0 Å². The average molecular weight is 253 g/mol. The predicted octanol–water partition coefficient (Wildman–Crippen LogP) is 2.45. The Labute approximate surface area is 108 Å². The summed E-state index contributed by atoms with van der Waals surface area (Å²) < 4.78 is 0. The Morgan fingerprint density at radius 2 is 2.41 bits per heavy atom. The fraction of sp³-hybridized carbons (Fsp3) is 0.769. The lowest BCUT2D eigenvalue weighted by molar-refractivity contribution is 0.116. The van der Waals surface area contributed by atoms with Crippen molar-refractivity contribution < 1.29 is 0 Å². The second-order valence-electron chi connectivity index (χ2n) is 5.26. The van der Waals surface area contributed by atoms with Gasteiger partial charge in [0.05, 0.1) is 5.54 Å². The predicted molar refractivity (Wildman–Crippen MR) is 73.4 cm³/mol. The largest absolute Gasteiger partial charge is 0.313 e. The third-order valence-corrected chi connectivity index (χ3v) is 4.80. The number of thiazole rings is 1. The highest BCUT2D eigenvalue weighted by Gasteiger charge is 2.33. The second kappa shape index (κ2) is 5.46. The van der Waals surface area contributed by atoms with Crippen LogP contribution in [0, 0.1) is 0 Å². The Bertz CT molecular complexity index is 334. The highest BCUT2D eigenvalue weighted by molar-refractivity contribution is 7.09. The van der Waals surface area contributed by atoms with Gasteiger partial charge in [-0.05, 0) is 33.2 Å². The lowest BCUT2D eigenvalue weighted by Crippen LogP contribution is -2.46. The molecule has 17 heavy (non-hydrogen) atoms. The van der Waals surface area contributed by atoms with Crippen LogP contribution in [0.25, 0.3) is 0 Å². The summed E-state index contributed by atoms with van der Waals surface area (Å²) in [4.78, 5) is 7.08. The standard InChI is InChI=1S/C13H23N3S/c1-4-11-10-16(8-5-6-14-11)13(2,3)12-15-7-9-17-12/h7,9,11,14H,4-6,8,10H2,1-3H3. The third-order valence-electron chi connectivity index (χ3n) is 3.72. The maximum atomic E-state index is 4.50. The fourth-order valence-electron chi connectivity index (χ4n) is 2.44. The Morgan fingerprint density at radius 1 is 1.59 bits per heavy atom. The van der Waals surface area contributed by atoms with E-state index in [1.807, 2.05) is 6.20 Å². The molecule has 1 aliphatic heterocycles. The van der Waals surface area contributed by atoms with Crippen LogP contribution in [0.2, 0.25) is 0 Å². The minimum atomic E-state index is 0.0631. The van der Waals surface area contributed by atoms with Crippen LogP contribution in [0.3, 0.4) is 0 Å². The van der Waals surface area contributed by atoms with Gasteiger partial charge in [-0.25, -0.2) is 4.98 Å². The summed E-state index contributed by atoms with van der Waals surface area (Å²) in [5, 5.41) is 6.92. The van der Waals surface area contributed by atoms with Gasteiger partial charge in [-0.1, -0.05) is 6.92 Å². The zero-order valence-corrected chi connectivity index (χ0v) is 11.9. The molecule has 0 aliphatic carbocycles. The topological polar surface area (TPSA) is 28.2 Å². The first-order valence-corrected chi connectivity index (χ1v) is 7.41. The molecule has 1 atom stereocenters. The van der Waals surface area contributed by atoms with Crippen LogP contribution in [-0.4, -0.2) is 35.6 Å². The SMILES string of the molecule is CCC1CN(C(C)(C)c2nccs2)CCCN1. The maximum absolute atomic E-state index is 4.50. The normalized spacial score (nSPS) is 23.6. The lowest BCUT2D eigenvalue weighted by Gasteiger charge is -2.37. The van der Waals surface area contributed by atoms with E-state index < -0.39 is 0 Å². The Kier molecular flexibility index (Phi) is 4.17. The number of aromatic nitrogens is 1. The smallest absolute Gasteiger partial charge is 0.112 e. The molecule has 0 radical (unpaired) electrons. The Hall–Kier alpha value is -0.450. The summed E-state index contributed by atoms with van der Waals surface area (Å²) in [6, 6.07) is 0.622. The zero-order valence-electron chi connectivity index (χ0n) is 11.1. The van der Waals surface area contributed by atoms with Crippen molar-refractivity contribution in [1.29, 1.82) is 0 Å². The van der Waals surface area contributed by atoms with E-state index in [-0.39, 0.29) is 5.54 Å². The van der Waals surface area contributed by atoms with Gasteiger partial charge in [-0.3, -0.25) is 4.90 Å². The molecule has 1 saturated heterocycles. The summed E-state index contributed by atoms with van der Waals surface area (Å²) in [6.45, 7) is 10.3. The average Bonchev–Trinajstić information content (AvgIpc) is 2.74. The molecule has 2 rings (SSSR count). The molecule has 1 fully saturated rings. The summed E-state index contributed by atoms with van der Waals surface area (Å²) in [5.41, 5.74) is 0.0631. The van der Waals surface area contributed by atoms with Crippen LogP contribution < -0.4 is 5.32 Å². The van der Waals surface area contributed by atoms with Gasteiger partial charge in [-0.2, -0.15) is 0 Å². The molecule has 0 amide bonds. The highest BCUT2D eigenvalue weighted by Crippen LogP contribution is 2.30. The number of hydrogen-bond donors (Lipinski definition) is 1. The van der Waals surface area contributed by atoms with Crippen molar-refractivity contribution in [3.8, 4) is 0 Å². The van der Waals surface area contributed by atoms with Crippen molar-refractivity contribution >= 4 is 11.3 Å². The van der Waals surface area contributed by atoms with Crippen LogP contribution in [0.15, 0.2) is 11.6 Å². The van der Waals surface area contributed by atoms with E-state index >= 15 is 0 Å². The van der Waals surface area contributed by atoms with Gasteiger partial charge in [0.25, 0.3) is 0 Å². The molecule has 1 unspecified atom stereocenters. The molecule has 1 aromatic heterocycles. The quantitative estimate of drug-likeness (QED) is 0.897. The summed E-state index contributed by atoms with van der Waals surface area (Å²) >= 11 is 1.77. The van der Waals surface area contributed by atoms with Crippen LogP contribution in [0.4, 0.5) is 0 Å². The van der Waals surface area contributed by atoms with Crippen molar-refractivity contribution in [2.24, 2.45) is 0 Å². The van der Waals surface area contributed by atoms with E-state index in [0.717, 1.165) is 19.6 Å². The molecule has 0 bridgehead atoms. The summed E-state index contributed by atoms with van der Waals surface area (Å²) in [6.07, 6.45) is 4.34. The zero-order chi connectivity index (χ0) is 12.3.